The van der Waals surface area contributed by atoms with Crippen LogP contribution in [0.1, 0.15) is 42.1 Å². The molecule has 4 fully saturated rings. The van der Waals surface area contributed by atoms with E-state index in [1.807, 2.05) is 17.8 Å². The van der Waals surface area contributed by atoms with Crippen LogP contribution in [0.3, 0.4) is 0 Å². The van der Waals surface area contributed by atoms with Crippen LogP contribution >= 0.6 is 0 Å². The maximum Gasteiger partial charge on any atom is 0.159 e. The number of morpholine rings is 1. The minimum atomic E-state index is -0.396. The van der Waals surface area contributed by atoms with Crippen molar-refractivity contribution in [1.82, 2.24) is 24.6 Å². The molecule has 3 unspecified atom stereocenters. The van der Waals surface area contributed by atoms with Crippen molar-refractivity contribution in [1.29, 1.82) is 0 Å². The Balaban J connectivity index is 1.21. The minimum absolute atomic E-state index is 0.110. The normalized spacial score (nSPS) is 30.6. The van der Waals surface area contributed by atoms with E-state index in [4.69, 9.17) is 24.5 Å². The zero-order valence-electron chi connectivity index (χ0n) is 21.0. The summed E-state index contributed by atoms with van der Waals surface area (Å²) in [5.74, 6) is 2.57. The molecule has 1 N–H and O–H groups in total. The van der Waals surface area contributed by atoms with Crippen LogP contribution in [0.25, 0.3) is 16.7 Å². The van der Waals surface area contributed by atoms with Gasteiger partial charge in [0.25, 0.3) is 0 Å². The molecule has 7 rings (SSSR count). The van der Waals surface area contributed by atoms with Crippen LogP contribution in [0.15, 0.2) is 24.4 Å². The average Bonchev–Trinajstić information content (AvgIpc) is 3.68. The molecule has 0 radical (unpaired) electrons. The quantitative estimate of drug-likeness (QED) is 0.596. The number of piperidine rings is 1. The van der Waals surface area contributed by atoms with Crippen molar-refractivity contribution in [2.24, 2.45) is 0 Å². The number of benzene rings is 1. The third-order valence-corrected chi connectivity index (χ3v) is 8.61. The first kappa shape index (κ1) is 22.6. The second kappa shape index (κ2) is 8.76. The molecule has 1 aromatic carbocycles. The molecule has 5 atom stereocenters. The highest BCUT2D eigenvalue weighted by atomic mass is 16.5. The standard InChI is InChI=1S/C27H34N6O3/c1-16-7-18-11-28-33(27-10-26(29-17(2)30-27)32-12-21-8-20(32)15-36-21)24(18)9-23(16)22-3-5-31(13-25(22)34)19-4-6-35-14-19/h7,9-11,19-22,25,34H,3-6,8,12-15H2,1-2H3/t19?,20-,21-,22?,25?/m1/s1. The molecule has 4 aliphatic heterocycles. The van der Waals surface area contributed by atoms with Crippen LogP contribution < -0.4 is 4.90 Å². The van der Waals surface area contributed by atoms with Crippen molar-refractivity contribution in [3.8, 4) is 5.82 Å². The van der Waals surface area contributed by atoms with Gasteiger partial charge in [-0.05, 0) is 62.9 Å². The summed E-state index contributed by atoms with van der Waals surface area (Å²) in [4.78, 5) is 14.3. The summed E-state index contributed by atoms with van der Waals surface area (Å²) in [5.41, 5.74) is 3.43. The van der Waals surface area contributed by atoms with Gasteiger partial charge in [-0.15, -0.1) is 0 Å². The van der Waals surface area contributed by atoms with Gasteiger partial charge in [0.15, 0.2) is 5.82 Å². The lowest BCUT2D eigenvalue weighted by molar-refractivity contribution is 0.0264. The third-order valence-electron chi connectivity index (χ3n) is 8.61. The third kappa shape index (κ3) is 3.80. The van der Waals surface area contributed by atoms with Crippen molar-refractivity contribution in [2.75, 3.05) is 44.4 Å². The summed E-state index contributed by atoms with van der Waals surface area (Å²) < 4.78 is 13.3. The Bertz CT molecular complexity index is 1290. The second-order valence-corrected chi connectivity index (χ2v) is 10.9. The van der Waals surface area contributed by atoms with E-state index in [1.165, 1.54) is 11.1 Å². The highest BCUT2D eigenvalue weighted by Gasteiger charge is 2.40. The SMILES string of the molecule is Cc1nc(N2C[C@H]3C[C@@H]2CO3)cc(-n2ncc3cc(C)c(C4CCN(C5CCOC5)CC4O)cc32)n1. The van der Waals surface area contributed by atoms with Crippen LogP contribution in [0.4, 0.5) is 5.82 Å². The number of aliphatic hydroxyl groups excluding tert-OH is 1. The van der Waals surface area contributed by atoms with Gasteiger partial charge in [0.1, 0.15) is 11.6 Å². The summed E-state index contributed by atoms with van der Waals surface area (Å²) in [6.07, 6.45) is 4.90. The van der Waals surface area contributed by atoms with E-state index in [9.17, 15) is 5.11 Å². The summed E-state index contributed by atoms with van der Waals surface area (Å²) in [6.45, 7) is 9.05. The van der Waals surface area contributed by atoms with Gasteiger partial charge in [0.2, 0.25) is 0 Å². The fraction of sp³-hybridized carbons (Fsp3) is 0.593. The van der Waals surface area contributed by atoms with Gasteiger partial charge in [0.05, 0.1) is 43.2 Å². The Kier molecular flexibility index (Phi) is 5.50. The first-order valence-corrected chi connectivity index (χ1v) is 13.3. The highest BCUT2D eigenvalue weighted by molar-refractivity contribution is 5.82. The number of likely N-dealkylation sites (tertiary alicyclic amines) is 1. The summed E-state index contributed by atoms with van der Waals surface area (Å²) in [6, 6.07) is 7.31. The number of β-amino-alcohol motifs (C(OH)–C–C–N with tert-alkyl or cyclic N) is 1. The lowest BCUT2D eigenvalue weighted by Gasteiger charge is -2.39. The molecule has 0 amide bonds. The molecule has 190 valence electrons. The predicted molar refractivity (Wildman–Crippen MR) is 136 cm³/mol. The molecule has 2 aromatic heterocycles. The molecular formula is C27H34N6O3. The van der Waals surface area contributed by atoms with Gasteiger partial charge in [0, 0.05) is 43.1 Å². The highest BCUT2D eigenvalue weighted by Crippen LogP contribution is 2.36. The van der Waals surface area contributed by atoms with Crippen molar-refractivity contribution in [2.45, 2.75) is 63.3 Å². The predicted octanol–water partition coefficient (Wildman–Crippen LogP) is 2.35. The average molecular weight is 491 g/mol. The number of nitrogens with zero attached hydrogens (tertiary/aromatic N) is 6. The zero-order chi connectivity index (χ0) is 24.4. The number of ether oxygens (including phenoxy) is 2. The summed E-state index contributed by atoms with van der Waals surface area (Å²) >= 11 is 0. The Labute approximate surface area is 211 Å². The van der Waals surface area contributed by atoms with Gasteiger partial charge in [-0.3, -0.25) is 4.90 Å². The monoisotopic (exact) mass is 490 g/mol. The van der Waals surface area contributed by atoms with Gasteiger partial charge >= 0.3 is 0 Å². The van der Waals surface area contributed by atoms with E-state index >= 15 is 0 Å². The van der Waals surface area contributed by atoms with E-state index in [-0.39, 0.29) is 5.92 Å². The van der Waals surface area contributed by atoms with Crippen LogP contribution in [-0.2, 0) is 9.47 Å². The van der Waals surface area contributed by atoms with Crippen molar-refractivity contribution in [3.05, 3.63) is 41.3 Å². The number of anilines is 1. The molecule has 6 heterocycles. The zero-order valence-corrected chi connectivity index (χ0v) is 21.0. The number of hydrogen-bond donors (Lipinski definition) is 1. The van der Waals surface area contributed by atoms with Crippen molar-refractivity contribution in [3.63, 3.8) is 0 Å². The van der Waals surface area contributed by atoms with E-state index in [1.54, 1.807) is 0 Å². The molecule has 2 bridgehead atoms. The van der Waals surface area contributed by atoms with Crippen LogP contribution in [0, 0.1) is 13.8 Å². The second-order valence-electron chi connectivity index (χ2n) is 10.9. The molecule has 4 saturated heterocycles. The Morgan fingerprint density at radius 3 is 2.64 bits per heavy atom. The van der Waals surface area contributed by atoms with E-state index in [2.05, 4.69) is 34.9 Å². The fourth-order valence-electron chi connectivity index (χ4n) is 6.72. The molecule has 0 saturated carbocycles. The van der Waals surface area contributed by atoms with E-state index < -0.39 is 6.10 Å². The Hall–Kier alpha value is -2.59. The van der Waals surface area contributed by atoms with Gasteiger partial charge in [-0.1, -0.05) is 0 Å². The molecule has 3 aromatic rings. The van der Waals surface area contributed by atoms with Crippen LogP contribution in [0.2, 0.25) is 0 Å². The maximum atomic E-state index is 11.2. The smallest absolute Gasteiger partial charge is 0.159 e. The molecule has 0 spiro atoms. The molecule has 4 aliphatic rings. The number of rotatable bonds is 4. The van der Waals surface area contributed by atoms with Gasteiger partial charge < -0.3 is 19.5 Å². The number of aliphatic hydroxyl groups is 1. The summed E-state index contributed by atoms with van der Waals surface area (Å²) in [5, 5.41) is 17.0. The maximum absolute atomic E-state index is 11.2. The fourth-order valence-corrected chi connectivity index (χ4v) is 6.72. The number of hydrogen-bond acceptors (Lipinski definition) is 8. The molecule has 9 heteroatoms. The lowest BCUT2D eigenvalue weighted by atomic mass is 9.84. The van der Waals surface area contributed by atoms with Gasteiger partial charge in [-0.25, -0.2) is 14.6 Å². The largest absolute Gasteiger partial charge is 0.391 e. The number of aromatic nitrogens is 4. The molecule has 0 aliphatic carbocycles. The van der Waals surface area contributed by atoms with Crippen LogP contribution in [0.5, 0.6) is 0 Å². The molecular weight excluding hydrogens is 456 g/mol. The minimum Gasteiger partial charge on any atom is -0.391 e. The van der Waals surface area contributed by atoms with Crippen molar-refractivity contribution >= 4 is 16.7 Å². The van der Waals surface area contributed by atoms with E-state index in [0.717, 1.165) is 80.5 Å². The summed E-state index contributed by atoms with van der Waals surface area (Å²) in [7, 11) is 0. The first-order chi connectivity index (χ1) is 17.5. The molecule has 9 nitrogen and oxygen atoms in total. The van der Waals surface area contributed by atoms with Gasteiger partial charge in [-0.2, -0.15) is 5.10 Å². The first-order valence-electron chi connectivity index (χ1n) is 13.3. The molecule has 36 heavy (non-hydrogen) atoms. The topological polar surface area (TPSA) is 88.8 Å². The van der Waals surface area contributed by atoms with Crippen LogP contribution in [-0.4, -0.2) is 93.5 Å². The van der Waals surface area contributed by atoms with Crippen molar-refractivity contribution < 1.29 is 14.6 Å². The van der Waals surface area contributed by atoms with E-state index in [0.29, 0.717) is 24.7 Å². The number of fused-ring (bicyclic) bond motifs is 3. The Morgan fingerprint density at radius 1 is 1.00 bits per heavy atom. The number of aryl methyl sites for hydroxylation is 2. The Morgan fingerprint density at radius 2 is 1.89 bits per heavy atom. The lowest BCUT2D eigenvalue weighted by Crippen LogP contribution is -2.48.